The summed E-state index contributed by atoms with van der Waals surface area (Å²) in [6.45, 7) is 6.57. The summed E-state index contributed by atoms with van der Waals surface area (Å²) in [5.74, 6) is 0.488. The molecule has 0 radical (unpaired) electrons. The molecule has 2 amide bonds. The zero-order chi connectivity index (χ0) is 11.8. The van der Waals surface area contributed by atoms with Gasteiger partial charge in [0.1, 0.15) is 0 Å². The molecule has 0 saturated carbocycles. The zero-order valence-electron chi connectivity index (χ0n) is 10.4. The molecule has 0 aromatic carbocycles. The van der Waals surface area contributed by atoms with Crippen molar-refractivity contribution in [3.8, 4) is 0 Å². The van der Waals surface area contributed by atoms with Gasteiger partial charge in [0.2, 0.25) is 0 Å². The van der Waals surface area contributed by atoms with E-state index in [1.807, 2.05) is 0 Å². The molecule has 0 aromatic rings. The van der Waals surface area contributed by atoms with E-state index in [1.165, 1.54) is 0 Å². The molecule has 2 unspecified atom stereocenters. The number of unbranched alkanes of at least 4 members (excludes halogenated alkanes) is 1. The van der Waals surface area contributed by atoms with Gasteiger partial charge in [-0.15, -0.1) is 0 Å². The fourth-order valence-electron chi connectivity index (χ4n) is 2.04. The van der Waals surface area contributed by atoms with E-state index in [4.69, 9.17) is 4.74 Å². The Hall–Kier alpha value is -0.770. The molecule has 94 valence electrons. The molecule has 0 bridgehead atoms. The van der Waals surface area contributed by atoms with E-state index < -0.39 is 0 Å². The Morgan fingerprint density at radius 2 is 2.19 bits per heavy atom. The number of urea groups is 1. The van der Waals surface area contributed by atoms with Crippen LogP contribution in [-0.2, 0) is 4.74 Å². The predicted octanol–water partition coefficient (Wildman–Crippen LogP) is 1.90. The van der Waals surface area contributed by atoms with Gasteiger partial charge in [-0.3, -0.25) is 0 Å². The Morgan fingerprint density at radius 1 is 1.38 bits per heavy atom. The second-order valence-electron chi connectivity index (χ2n) is 4.36. The van der Waals surface area contributed by atoms with Crippen LogP contribution >= 0.6 is 0 Å². The SMILES string of the molecule is CCCCNC(=O)NCC1CCOC1CC. The Kier molecular flexibility index (Phi) is 6.23. The minimum absolute atomic E-state index is 0.0461. The van der Waals surface area contributed by atoms with Gasteiger partial charge in [-0.2, -0.15) is 0 Å². The van der Waals surface area contributed by atoms with E-state index in [2.05, 4.69) is 24.5 Å². The molecule has 0 aromatic heterocycles. The summed E-state index contributed by atoms with van der Waals surface area (Å²) >= 11 is 0. The van der Waals surface area contributed by atoms with Crippen molar-refractivity contribution < 1.29 is 9.53 Å². The second-order valence-corrected chi connectivity index (χ2v) is 4.36. The van der Waals surface area contributed by atoms with E-state index in [1.54, 1.807) is 0 Å². The van der Waals surface area contributed by atoms with Gasteiger partial charge in [0.15, 0.2) is 0 Å². The number of carbonyl (C=O) groups excluding carboxylic acids is 1. The molecule has 0 aliphatic carbocycles. The number of amides is 2. The van der Waals surface area contributed by atoms with Crippen molar-refractivity contribution in [2.45, 2.75) is 45.6 Å². The summed E-state index contributed by atoms with van der Waals surface area (Å²) in [4.78, 5) is 11.4. The number of rotatable bonds is 6. The molecule has 2 N–H and O–H groups in total. The maximum Gasteiger partial charge on any atom is 0.314 e. The first kappa shape index (κ1) is 13.3. The van der Waals surface area contributed by atoms with Crippen molar-refractivity contribution >= 4 is 6.03 Å². The van der Waals surface area contributed by atoms with Gasteiger partial charge in [0, 0.05) is 25.6 Å². The summed E-state index contributed by atoms with van der Waals surface area (Å²) in [5.41, 5.74) is 0. The molecule has 4 heteroatoms. The summed E-state index contributed by atoms with van der Waals surface area (Å²) < 4.78 is 5.57. The molecule has 1 rings (SSSR count). The lowest BCUT2D eigenvalue weighted by atomic mass is 10.00. The Balaban J connectivity index is 2.11. The Bertz CT molecular complexity index is 209. The van der Waals surface area contributed by atoms with Crippen LogP contribution in [0.5, 0.6) is 0 Å². The molecule has 16 heavy (non-hydrogen) atoms. The van der Waals surface area contributed by atoms with Crippen molar-refractivity contribution in [2.75, 3.05) is 19.7 Å². The highest BCUT2D eigenvalue weighted by Gasteiger charge is 2.26. The molecule has 2 atom stereocenters. The van der Waals surface area contributed by atoms with Crippen molar-refractivity contribution in [2.24, 2.45) is 5.92 Å². The van der Waals surface area contributed by atoms with E-state index in [9.17, 15) is 4.79 Å². The number of hydrogen-bond acceptors (Lipinski definition) is 2. The zero-order valence-corrected chi connectivity index (χ0v) is 10.4. The monoisotopic (exact) mass is 228 g/mol. The standard InChI is InChI=1S/C12H24N2O2/c1-3-5-7-13-12(15)14-9-10-6-8-16-11(10)4-2/h10-11H,3-9H2,1-2H3,(H2,13,14,15). The Morgan fingerprint density at radius 3 is 2.88 bits per heavy atom. The number of carbonyl (C=O) groups is 1. The summed E-state index contributed by atoms with van der Waals surface area (Å²) in [7, 11) is 0. The van der Waals surface area contributed by atoms with Crippen molar-refractivity contribution in [3.05, 3.63) is 0 Å². The quantitative estimate of drug-likeness (QED) is 0.682. The average Bonchev–Trinajstić information content (AvgIpc) is 2.74. The number of nitrogens with one attached hydrogen (secondary N) is 2. The highest BCUT2D eigenvalue weighted by molar-refractivity contribution is 5.73. The molecule has 0 spiro atoms. The van der Waals surface area contributed by atoms with Crippen LogP contribution in [0.2, 0.25) is 0 Å². The van der Waals surface area contributed by atoms with E-state index >= 15 is 0 Å². The van der Waals surface area contributed by atoms with Crippen LogP contribution in [0.1, 0.15) is 39.5 Å². The van der Waals surface area contributed by atoms with E-state index in [-0.39, 0.29) is 6.03 Å². The lowest BCUT2D eigenvalue weighted by Gasteiger charge is -2.17. The first-order valence-electron chi connectivity index (χ1n) is 6.41. The van der Waals surface area contributed by atoms with Gasteiger partial charge in [-0.25, -0.2) is 4.79 Å². The molecule has 1 saturated heterocycles. The van der Waals surface area contributed by atoms with Crippen LogP contribution in [0.15, 0.2) is 0 Å². The maximum absolute atomic E-state index is 11.4. The fourth-order valence-corrected chi connectivity index (χ4v) is 2.04. The molecular weight excluding hydrogens is 204 g/mol. The van der Waals surface area contributed by atoms with Crippen molar-refractivity contribution in [1.29, 1.82) is 0 Å². The largest absolute Gasteiger partial charge is 0.378 e. The third-order valence-electron chi connectivity index (χ3n) is 3.09. The van der Waals surface area contributed by atoms with Crippen LogP contribution in [0.4, 0.5) is 4.79 Å². The normalized spacial score (nSPS) is 24.4. The molecule has 1 heterocycles. The highest BCUT2D eigenvalue weighted by Crippen LogP contribution is 2.22. The highest BCUT2D eigenvalue weighted by atomic mass is 16.5. The van der Waals surface area contributed by atoms with Crippen molar-refractivity contribution in [3.63, 3.8) is 0 Å². The van der Waals surface area contributed by atoms with Crippen LogP contribution < -0.4 is 10.6 Å². The van der Waals surface area contributed by atoms with Gasteiger partial charge >= 0.3 is 6.03 Å². The maximum atomic E-state index is 11.4. The third kappa shape index (κ3) is 4.39. The molecule has 1 aliphatic heterocycles. The first-order chi connectivity index (χ1) is 7.77. The summed E-state index contributed by atoms with van der Waals surface area (Å²) in [6.07, 6.45) is 4.57. The van der Waals surface area contributed by atoms with Crippen LogP contribution in [0, 0.1) is 5.92 Å². The predicted molar refractivity (Wildman–Crippen MR) is 64.4 cm³/mol. The van der Waals surface area contributed by atoms with Gasteiger partial charge in [-0.05, 0) is 19.3 Å². The van der Waals surface area contributed by atoms with Gasteiger partial charge in [-0.1, -0.05) is 20.3 Å². The topological polar surface area (TPSA) is 50.4 Å². The van der Waals surface area contributed by atoms with Crippen LogP contribution in [0.3, 0.4) is 0 Å². The van der Waals surface area contributed by atoms with Gasteiger partial charge in [0.25, 0.3) is 0 Å². The number of ether oxygens (including phenoxy) is 1. The minimum atomic E-state index is -0.0461. The number of hydrogen-bond donors (Lipinski definition) is 2. The molecular formula is C12H24N2O2. The Labute approximate surface area is 98.1 Å². The van der Waals surface area contributed by atoms with E-state index in [0.717, 1.165) is 45.4 Å². The van der Waals surface area contributed by atoms with Crippen LogP contribution in [-0.4, -0.2) is 31.8 Å². The summed E-state index contributed by atoms with van der Waals surface area (Å²) in [5, 5.41) is 5.77. The second kappa shape index (κ2) is 7.49. The summed E-state index contributed by atoms with van der Waals surface area (Å²) in [6, 6.07) is -0.0461. The van der Waals surface area contributed by atoms with Crippen LogP contribution in [0.25, 0.3) is 0 Å². The first-order valence-corrected chi connectivity index (χ1v) is 6.41. The van der Waals surface area contributed by atoms with Gasteiger partial charge < -0.3 is 15.4 Å². The lowest BCUT2D eigenvalue weighted by molar-refractivity contribution is 0.0878. The third-order valence-corrected chi connectivity index (χ3v) is 3.09. The van der Waals surface area contributed by atoms with Gasteiger partial charge in [0.05, 0.1) is 6.10 Å². The lowest BCUT2D eigenvalue weighted by Crippen LogP contribution is -2.40. The van der Waals surface area contributed by atoms with E-state index in [0.29, 0.717) is 12.0 Å². The minimum Gasteiger partial charge on any atom is -0.378 e. The fraction of sp³-hybridized carbons (Fsp3) is 0.917. The molecule has 4 nitrogen and oxygen atoms in total. The smallest absolute Gasteiger partial charge is 0.314 e. The average molecular weight is 228 g/mol. The van der Waals surface area contributed by atoms with Crippen molar-refractivity contribution in [1.82, 2.24) is 10.6 Å². The molecule has 1 aliphatic rings. The molecule has 1 fully saturated rings.